The molecule has 68 heavy (non-hydrogen) atoms. The molecule has 6 heteroatoms. The number of phenolic OH excluding ortho intramolecular Hbond substituents is 1. The summed E-state index contributed by atoms with van der Waals surface area (Å²) in [5.41, 5.74) is 14.4. The van der Waals surface area contributed by atoms with Gasteiger partial charge in [0.2, 0.25) is 0 Å². The number of hydrogen-bond acceptors (Lipinski definition) is 4. The predicted molar refractivity (Wildman–Crippen MR) is 281 cm³/mol. The molecule has 346 valence electrons. The van der Waals surface area contributed by atoms with Gasteiger partial charge in [0.05, 0.1) is 22.3 Å². The quantitative estimate of drug-likeness (QED) is 0.174. The summed E-state index contributed by atoms with van der Waals surface area (Å²) in [5, 5.41) is 17.0. The van der Waals surface area contributed by atoms with Crippen molar-refractivity contribution in [2.24, 2.45) is 0 Å². The van der Waals surface area contributed by atoms with E-state index in [4.69, 9.17) is 14.4 Å². The summed E-state index contributed by atoms with van der Waals surface area (Å²) in [6.07, 6.45) is 1.95. The van der Waals surface area contributed by atoms with E-state index in [1.165, 1.54) is 10.9 Å². The molecule has 0 saturated carbocycles. The summed E-state index contributed by atoms with van der Waals surface area (Å²) in [5.74, 6) is 0.920. The average Bonchev–Trinajstić information content (AvgIpc) is 3.86. The van der Waals surface area contributed by atoms with E-state index >= 15 is 0 Å². The minimum atomic E-state index is -0.336. The molecule has 0 unspecified atom stereocenters. The van der Waals surface area contributed by atoms with Gasteiger partial charge in [0.1, 0.15) is 22.7 Å². The van der Waals surface area contributed by atoms with Crippen molar-refractivity contribution in [2.45, 2.75) is 105 Å². The van der Waals surface area contributed by atoms with Crippen LogP contribution >= 0.6 is 0 Å². The van der Waals surface area contributed by atoms with Gasteiger partial charge in [0.25, 0.3) is 0 Å². The van der Waals surface area contributed by atoms with Crippen LogP contribution in [0.4, 0.5) is 0 Å². The van der Waals surface area contributed by atoms with E-state index < -0.39 is 0 Å². The zero-order chi connectivity index (χ0) is 47.4. The SMILES string of the molecule is CC(C)(C)c1cc(-c2cc3oc4ccc5ccccc5c4c3cn2)[c-]c(-c2cccc3c2nc(-c2cc(C(C)(C)C)cc(C(C)(C)C)c2O)n3-c2ccc(C(C)(C)C)cc2-c2ccccc2)c1.[Pt]. The van der Waals surface area contributed by atoms with Crippen LogP contribution < -0.4 is 0 Å². The van der Waals surface area contributed by atoms with Crippen molar-refractivity contribution >= 4 is 43.7 Å². The predicted octanol–water partition coefficient (Wildman–Crippen LogP) is 16.8. The zero-order valence-corrected chi connectivity index (χ0v) is 43.6. The van der Waals surface area contributed by atoms with E-state index in [0.29, 0.717) is 11.4 Å². The van der Waals surface area contributed by atoms with Crippen molar-refractivity contribution in [2.75, 3.05) is 0 Å². The molecule has 0 fully saturated rings. The van der Waals surface area contributed by atoms with Crippen molar-refractivity contribution in [3.8, 4) is 56.3 Å². The van der Waals surface area contributed by atoms with Crippen molar-refractivity contribution in [1.29, 1.82) is 0 Å². The van der Waals surface area contributed by atoms with Crippen molar-refractivity contribution in [3.63, 3.8) is 0 Å². The third-order valence-corrected chi connectivity index (χ3v) is 13.4. The normalized spacial score (nSPS) is 12.6. The molecule has 0 saturated heterocycles. The van der Waals surface area contributed by atoms with E-state index in [1.54, 1.807) is 0 Å². The first-order valence-corrected chi connectivity index (χ1v) is 23.5. The molecule has 0 radical (unpaired) electrons. The number of aromatic nitrogens is 3. The molecule has 0 aliphatic heterocycles. The number of pyridine rings is 1. The molecule has 0 amide bonds. The molecule has 1 N–H and O–H groups in total. The first kappa shape index (κ1) is 46.8. The van der Waals surface area contributed by atoms with Gasteiger partial charge in [-0.1, -0.05) is 179 Å². The first-order chi connectivity index (χ1) is 31.6. The standard InChI is InChI=1S/C62H60N3O2.Pt/c1-59(2,3)41-26-27-51(46(32-41)37-19-14-13-15-20-37)65-52-24-18-23-45(56(52)64-58(65)47-33-43(61(7,8)9)34-49(57(47)66)62(10,11)12)39-29-40(31-42(30-39)60(4,5)6)50-35-54-48(36-63-50)55-44-22-17-16-21-38(44)25-28-53(55)67-54;/h13-28,30-36,66H,1-12H3;/q-1;. The number of para-hydroxylation sites is 1. The molecule has 0 aliphatic rings. The van der Waals surface area contributed by atoms with Gasteiger partial charge in [-0.2, -0.15) is 0 Å². The number of aromatic hydroxyl groups is 1. The monoisotopic (exact) mass is 1070 g/mol. The van der Waals surface area contributed by atoms with Gasteiger partial charge in [-0.25, -0.2) is 4.98 Å². The van der Waals surface area contributed by atoms with Crippen molar-refractivity contribution in [3.05, 3.63) is 168 Å². The Labute approximate surface area is 415 Å². The number of imidazole rings is 1. The summed E-state index contributed by atoms with van der Waals surface area (Å²) in [7, 11) is 0. The van der Waals surface area contributed by atoms with Crippen molar-refractivity contribution in [1.82, 2.24) is 14.5 Å². The zero-order valence-electron chi connectivity index (χ0n) is 41.3. The fraction of sp³-hybridized carbons (Fsp3) is 0.258. The summed E-state index contributed by atoms with van der Waals surface area (Å²) in [6.45, 7) is 26.7. The number of furan rings is 1. The molecule has 3 aromatic heterocycles. The molecule has 7 aromatic carbocycles. The Hall–Kier alpha value is -6.29. The topological polar surface area (TPSA) is 64.1 Å². The number of hydrogen-bond donors (Lipinski definition) is 1. The van der Waals surface area contributed by atoms with Gasteiger partial charge in [0.15, 0.2) is 0 Å². The van der Waals surface area contributed by atoms with Crippen LogP contribution in [0.15, 0.2) is 144 Å². The Morgan fingerprint density at radius 2 is 1.21 bits per heavy atom. The second-order valence-electron chi connectivity index (χ2n) is 22.5. The number of benzene rings is 7. The van der Waals surface area contributed by atoms with Gasteiger partial charge in [0, 0.05) is 54.9 Å². The molecule has 0 bridgehead atoms. The third-order valence-electron chi connectivity index (χ3n) is 13.4. The van der Waals surface area contributed by atoms with E-state index in [9.17, 15) is 5.11 Å². The summed E-state index contributed by atoms with van der Waals surface area (Å²) >= 11 is 0. The first-order valence-electron chi connectivity index (χ1n) is 23.5. The van der Waals surface area contributed by atoms with E-state index in [0.717, 1.165) is 94.2 Å². The molecule has 3 heterocycles. The van der Waals surface area contributed by atoms with Crippen LogP contribution in [-0.4, -0.2) is 19.6 Å². The minimum absolute atomic E-state index is 0. The van der Waals surface area contributed by atoms with Gasteiger partial charge in [-0.05, 0) is 85.5 Å². The molecule has 0 aliphatic carbocycles. The maximum absolute atomic E-state index is 12.6. The molecule has 10 aromatic rings. The van der Waals surface area contributed by atoms with Crippen LogP contribution in [0.25, 0.3) is 94.3 Å². The molecule has 5 nitrogen and oxygen atoms in total. The summed E-state index contributed by atoms with van der Waals surface area (Å²) in [4.78, 5) is 10.8. The Morgan fingerprint density at radius 1 is 0.544 bits per heavy atom. The fourth-order valence-corrected chi connectivity index (χ4v) is 9.47. The maximum Gasteiger partial charge on any atom is 0.148 e. The maximum atomic E-state index is 12.6. The number of fused-ring (bicyclic) bond motifs is 6. The Bertz CT molecular complexity index is 3570. The Balaban J connectivity index is 0.00000578. The van der Waals surface area contributed by atoms with E-state index in [2.05, 4.69) is 227 Å². The molecule has 0 spiro atoms. The molecular formula is C62H60N3O2Pt-. The van der Waals surface area contributed by atoms with E-state index in [-0.39, 0.29) is 48.5 Å². The third kappa shape index (κ3) is 8.27. The largest absolute Gasteiger partial charge is 0.507 e. The number of nitrogens with zero attached hydrogens (tertiary/aromatic N) is 3. The van der Waals surface area contributed by atoms with E-state index in [1.807, 2.05) is 6.20 Å². The van der Waals surface area contributed by atoms with Crippen LogP contribution in [-0.2, 0) is 42.7 Å². The van der Waals surface area contributed by atoms with Crippen LogP contribution in [0.2, 0.25) is 0 Å². The van der Waals surface area contributed by atoms with Crippen LogP contribution in [0.5, 0.6) is 5.75 Å². The van der Waals surface area contributed by atoms with Crippen LogP contribution in [0, 0.1) is 6.07 Å². The van der Waals surface area contributed by atoms with Gasteiger partial charge in [-0.3, -0.25) is 9.55 Å². The second-order valence-corrected chi connectivity index (χ2v) is 22.5. The Morgan fingerprint density at radius 3 is 1.91 bits per heavy atom. The molecular weight excluding hydrogens is 1010 g/mol. The van der Waals surface area contributed by atoms with Crippen molar-refractivity contribution < 1.29 is 30.6 Å². The van der Waals surface area contributed by atoms with Gasteiger partial charge in [-0.15, -0.1) is 29.3 Å². The minimum Gasteiger partial charge on any atom is -0.507 e. The second kappa shape index (κ2) is 16.7. The number of phenols is 1. The number of rotatable bonds is 5. The molecule has 0 atom stereocenters. The summed E-state index contributed by atoms with van der Waals surface area (Å²) < 4.78 is 8.82. The van der Waals surface area contributed by atoms with Gasteiger partial charge < -0.3 is 9.52 Å². The van der Waals surface area contributed by atoms with Gasteiger partial charge >= 0.3 is 0 Å². The van der Waals surface area contributed by atoms with Crippen LogP contribution in [0.1, 0.15) is 105 Å². The van der Waals surface area contributed by atoms with Crippen LogP contribution in [0.3, 0.4) is 0 Å². The Kier molecular flexibility index (Phi) is 11.5. The average molecular weight is 1070 g/mol. The summed E-state index contributed by atoms with van der Waals surface area (Å²) in [6, 6.07) is 51.2. The smallest absolute Gasteiger partial charge is 0.148 e. The molecule has 10 rings (SSSR count). The fourth-order valence-electron chi connectivity index (χ4n) is 9.47.